The molecule has 90 valence electrons. The van der Waals surface area contributed by atoms with Gasteiger partial charge in [0.1, 0.15) is 0 Å². The molecule has 0 fully saturated rings. The lowest BCUT2D eigenvalue weighted by atomic mass is 10.1. The molecule has 0 bridgehead atoms. The van der Waals surface area contributed by atoms with Crippen LogP contribution < -0.4 is 5.32 Å². The number of hydrogen-bond donors (Lipinski definition) is 1. The highest BCUT2D eigenvalue weighted by Crippen LogP contribution is 2.06. The Morgan fingerprint density at radius 2 is 2.12 bits per heavy atom. The van der Waals surface area contributed by atoms with E-state index < -0.39 is 0 Å². The highest BCUT2D eigenvalue weighted by atomic mass is 15.3. The van der Waals surface area contributed by atoms with E-state index in [1.165, 1.54) is 11.1 Å². The van der Waals surface area contributed by atoms with Crippen molar-refractivity contribution in [2.75, 3.05) is 0 Å². The summed E-state index contributed by atoms with van der Waals surface area (Å²) in [6, 6.07) is 10.8. The maximum Gasteiger partial charge on any atom is 0.0560 e. The van der Waals surface area contributed by atoms with Crippen LogP contribution >= 0.6 is 0 Å². The van der Waals surface area contributed by atoms with E-state index in [9.17, 15) is 0 Å². The van der Waals surface area contributed by atoms with Gasteiger partial charge in [-0.1, -0.05) is 24.3 Å². The van der Waals surface area contributed by atoms with Gasteiger partial charge < -0.3 is 5.32 Å². The van der Waals surface area contributed by atoms with Gasteiger partial charge in [-0.2, -0.15) is 5.10 Å². The van der Waals surface area contributed by atoms with Crippen LogP contribution in [0.1, 0.15) is 18.1 Å². The van der Waals surface area contributed by atoms with E-state index in [-0.39, 0.29) is 0 Å². The summed E-state index contributed by atoms with van der Waals surface area (Å²) in [4.78, 5) is 0. The van der Waals surface area contributed by atoms with Gasteiger partial charge in [-0.3, -0.25) is 4.68 Å². The molecule has 3 nitrogen and oxygen atoms in total. The van der Waals surface area contributed by atoms with Crippen molar-refractivity contribution in [3.8, 4) is 0 Å². The van der Waals surface area contributed by atoms with Crippen LogP contribution in [0, 0.1) is 6.92 Å². The van der Waals surface area contributed by atoms with Crippen LogP contribution in [-0.4, -0.2) is 15.8 Å². The van der Waals surface area contributed by atoms with Gasteiger partial charge in [-0.15, -0.1) is 0 Å². The number of nitrogens with one attached hydrogen (secondary N) is 1. The van der Waals surface area contributed by atoms with Crippen LogP contribution in [0.25, 0.3) is 0 Å². The maximum atomic E-state index is 4.21. The van der Waals surface area contributed by atoms with Crippen molar-refractivity contribution >= 4 is 0 Å². The first-order valence-electron chi connectivity index (χ1n) is 6.01. The van der Waals surface area contributed by atoms with E-state index in [0.717, 1.165) is 13.1 Å². The predicted molar refractivity (Wildman–Crippen MR) is 69.7 cm³/mol. The molecule has 1 N–H and O–H groups in total. The number of hydrogen-bond acceptors (Lipinski definition) is 2. The molecule has 0 saturated heterocycles. The van der Waals surface area contributed by atoms with E-state index in [1.54, 1.807) is 0 Å². The molecule has 0 aliphatic rings. The maximum absolute atomic E-state index is 4.21. The molecule has 17 heavy (non-hydrogen) atoms. The lowest BCUT2D eigenvalue weighted by molar-refractivity contribution is 0.450. The standard InChI is InChI=1S/C14H19N3/c1-12-6-3-4-7-14(12)10-15-13(2)11-17-9-5-8-16-17/h3-9,13,15H,10-11H2,1-2H3. The van der Waals surface area contributed by atoms with Crippen LogP contribution in [0.2, 0.25) is 0 Å². The molecule has 1 unspecified atom stereocenters. The van der Waals surface area contributed by atoms with Gasteiger partial charge in [0, 0.05) is 25.0 Å². The van der Waals surface area contributed by atoms with Gasteiger partial charge in [0.25, 0.3) is 0 Å². The zero-order valence-electron chi connectivity index (χ0n) is 10.4. The van der Waals surface area contributed by atoms with Crippen molar-refractivity contribution in [3.63, 3.8) is 0 Å². The molecule has 0 radical (unpaired) electrons. The lowest BCUT2D eigenvalue weighted by Gasteiger charge is -2.15. The van der Waals surface area contributed by atoms with Crippen molar-refractivity contribution in [2.24, 2.45) is 0 Å². The molecule has 0 amide bonds. The first kappa shape index (κ1) is 11.9. The molecule has 1 aromatic carbocycles. The average molecular weight is 229 g/mol. The van der Waals surface area contributed by atoms with E-state index in [4.69, 9.17) is 0 Å². The minimum Gasteiger partial charge on any atom is -0.308 e. The second-order valence-electron chi connectivity index (χ2n) is 4.44. The smallest absolute Gasteiger partial charge is 0.0560 e. The monoisotopic (exact) mass is 229 g/mol. The Hall–Kier alpha value is -1.61. The van der Waals surface area contributed by atoms with Crippen molar-refractivity contribution in [2.45, 2.75) is 33.0 Å². The Morgan fingerprint density at radius 3 is 2.82 bits per heavy atom. The van der Waals surface area contributed by atoms with E-state index in [0.29, 0.717) is 6.04 Å². The summed E-state index contributed by atoms with van der Waals surface area (Å²) >= 11 is 0. The van der Waals surface area contributed by atoms with Gasteiger partial charge in [0.05, 0.1) is 6.54 Å². The highest BCUT2D eigenvalue weighted by molar-refractivity contribution is 5.25. The summed E-state index contributed by atoms with van der Waals surface area (Å²) in [6.45, 7) is 6.14. The Morgan fingerprint density at radius 1 is 1.29 bits per heavy atom. The summed E-state index contributed by atoms with van der Waals surface area (Å²) < 4.78 is 1.95. The predicted octanol–water partition coefficient (Wildman–Crippen LogP) is 2.37. The molecule has 3 heteroatoms. The third-order valence-corrected chi connectivity index (χ3v) is 2.92. The summed E-state index contributed by atoms with van der Waals surface area (Å²) in [5.41, 5.74) is 2.70. The van der Waals surface area contributed by atoms with E-state index in [2.05, 4.69) is 48.5 Å². The fourth-order valence-electron chi connectivity index (χ4n) is 1.85. The highest BCUT2D eigenvalue weighted by Gasteiger charge is 2.03. The number of aromatic nitrogens is 2. The molecule has 1 heterocycles. The molecular weight excluding hydrogens is 210 g/mol. The van der Waals surface area contributed by atoms with Crippen LogP contribution in [0.5, 0.6) is 0 Å². The third kappa shape index (κ3) is 3.43. The lowest BCUT2D eigenvalue weighted by Crippen LogP contribution is -2.30. The van der Waals surface area contributed by atoms with Crippen LogP contribution in [0.4, 0.5) is 0 Å². The second kappa shape index (κ2) is 5.64. The van der Waals surface area contributed by atoms with Crippen molar-refractivity contribution in [3.05, 3.63) is 53.9 Å². The topological polar surface area (TPSA) is 29.9 Å². The molecule has 0 spiro atoms. The fourth-order valence-corrected chi connectivity index (χ4v) is 1.85. The molecule has 0 aliphatic heterocycles. The zero-order chi connectivity index (χ0) is 12.1. The summed E-state index contributed by atoms with van der Waals surface area (Å²) in [5.74, 6) is 0. The van der Waals surface area contributed by atoms with Gasteiger partial charge in [-0.25, -0.2) is 0 Å². The van der Waals surface area contributed by atoms with Gasteiger partial charge in [0.2, 0.25) is 0 Å². The molecule has 2 aromatic rings. The zero-order valence-corrected chi connectivity index (χ0v) is 10.4. The largest absolute Gasteiger partial charge is 0.308 e. The second-order valence-corrected chi connectivity index (χ2v) is 4.44. The number of benzene rings is 1. The number of nitrogens with zero attached hydrogens (tertiary/aromatic N) is 2. The van der Waals surface area contributed by atoms with Crippen LogP contribution in [0.15, 0.2) is 42.7 Å². The van der Waals surface area contributed by atoms with Crippen molar-refractivity contribution in [1.29, 1.82) is 0 Å². The molecule has 2 rings (SSSR count). The minimum absolute atomic E-state index is 0.412. The Kier molecular flexibility index (Phi) is 3.94. The fraction of sp³-hybridized carbons (Fsp3) is 0.357. The van der Waals surface area contributed by atoms with Crippen LogP contribution in [-0.2, 0) is 13.1 Å². The Bertz CT molecular complexity index is 448. The van der Waals surface area contributed by atoms with Gasteiger partial charge in [-0.05, 0) is 31.0 Å². The van der Waals surface area contributed by atoms with Crippen molar-refractivity contribution in [1.82, 2.24) is 15.1 Å². The molecule has 0 saturated carbocycles. The van der Waals surface area contributed by atoms with E-state index >= 15 is 0 Å². The average Bonchev–Trinajstić information content (AvgIpc) is 2.81. The van der Waals surface area contributed by atoms with Crippen molar-refractivity contribution < 1.29 is 0 Å². The summed E-state index contributed by atoms with van der Waals surface area (Å²) in [6.07, 6.45) is 3.81. The first-order valence-corrected chi connectivity index (χ1v) is 6.01. The Balaban J connectivity index is 1.84. The summed E-state index contributed by atoms with van der Waals surface area (Å²) in [5, 5.41) is 7.72. The summed E-state index contributed by atoms with van der Waals surface area (Å²) in [7, 11) is 0. The van der Waals surface area contributed by atoms with E-state index in [1.807, 2.05) is 23.1 Å². The van der Waals surface area contributed by atoms with Gasteiger partial charge in [0.15, 0.2) is 0 Å². The molecule has 1 atom stereocenters. The SMILES string of the molecule is Cc1ccccc1CNC(C)Cn1cccn1. The molecular formula is C14H19N3. The third-order valence-electron chi connectivity index (χ3n) is 2.92. The normalized spacial score (nSPS) is 12.6. The number of rotatable bonds is 5. The minimum atomic E-state index is 0.412. The number of aryl methyl sites for hydroxylation is 1. The quantitative estimate of drug-likeness (QED) is 0.853. The van der Waals surface area contributed by atoms with Gasteiger partial charge >= 0.3 is 0 Å². The van der Waals surface area contributed by atoms with Crippen LogP contribution in [0.3, 0.4) is 0 Å². The molecule has 0 aliphatic carbocycles. The Labute approximate surface area is 102 Å². The first-order chi connectivity index (χ1) is 8.25. The molecule has 1 aromatic heterocycles.